The van der Waals surface area contributed by atoms with Crippen LogP contribution in [0.3, 0.4) is 0 Å². The average Bonchev–Trinajstić information content (AvgIpc) is 2.47. The number of hydrogen-bond acceptors (Lipinski definition) is 3. The number of aliphatic hydroxyl groups is 1. The molecule has 0 bridgehead atoms. The van der Waals surface area contributed by atoms with E-state index in [0.29, 0.717) is 16.6 Å². The topological polar surface area (TPSA) is 58.3 Å². The zero-order valence-electron chi connectivity index (χ0n) is 11.5. The molecule has 0 fully saturated rings. The van der Waals surface area contributed by atoms with Gasteiger partial charge in [0.15, 0.2) is 0 Å². The number of nitrogens with two attached hydrogens (primary N) is 1. The Morgan fingerprint density at radius 1 is 1.18 bits per heavy atom. The van der Waals surface area contributed by atoms with Crippen molar-refractivity contribution in [2.45, 2.75) is 12.6 Å². The number of nitrogen functional groups attached to an aromatic ring is 1. The molecular formula is C15H16BrClF2N2O. The van der Waals surface area contributed by atoms with Crippen LogP contribution in [0.1, 0.15) is 17.2 Å². The number of rotatable bonds is 5. The highest BCUT2D eigenvalue weighted by atomic mass is 79.9. The highest BCUT2D eigenvalue weighted by Gasteiger charge is 2.14. The van der Waals surface area contributed by atoms with Crippen molar-refractivity contribution in [1.82, 2.24) is 5.32 Å². The van der Waals surface area contributed by atoms with Crippen molar-refractivity contribution < 1.29 is 13.9 Å². The molecule has 2 rings (SSSR count). The molecule has 0 aromatic heterocycles. The fourth-order valence-electron chi connectivity index (χ4n) is 1.94. The summed E-state index contributed by atoms with van der Waals surface area (Å²) in [5.41, 5.74) is 7.01. The van der Waals surface area contributed by atoms with Gasteiger partial charge in [-0.3, -0.25) is 0 Å². The molecule has 2 aromatic rings. The normalized spacial score (nSPS) is 11.8. The molecule has 0 spiro atoms. The second-order valence-electron chi connectivity index (χ2n) is 4.64. The lowest BCUT2D eigenvalue weighted by Crippen LogP contribution is -2.24. The maximum atomic E-state index is 13.6. The van der Waals surface area contributed by atoms with Crippen LogP contribution in [-0.4, -0.2) is 11.7 Å². The van der Waals surface area contributed by atoms with E-state index in [9.17, 15) is 13.9 Å². The van der Waals surface area contributed by atoms with Crippen LogP contribution in [0.2, 0.25) is 0 Å². The maximum Gasteiger partial charge on any atom is 0.147 e. The standard InChI is InChI=1S/C15H15BrF2N2O.ClH/c16-12-5-10(6-13(18)15(12)19)14(8-21)20-7-9-1-3-11(17)4-2-9;/h1-6,14,20-21H,7-8,19H2;1H. The molecule has 4 N–H and O–H groups in total. The first kappa shape index (κ1) is 18.8. The average molecular weight is 394 g/mol. The van der Waals surface area contributed by atoms with Gasteiger partial charge in [-0.2, -0.15) is 0 Å². The molecule has 0 aliphatic rings. The predicted molar refractivity (Wildman–Crippen MR) is 88.8 cm³/mol. The predicted octanol–water partition coefficient (Wildman–Crippen LogP) is 3.55. The third-order valence-electron chi connectivity index (χ3n) is 3.15. The monoisotopic (exact) mass is 392 g/mol. The van der Waals surface area contributed by atoms with E-state index >= 15 is 0 Å². The first-order chi connectivity index (χ1) is 10.0. The van der Waals surface area contributed by atoms with Gasteiger partial charge in [-0.1, -0.05) is 12.1 Å². The van der Waals surface area contributed by atoms with Crippen LogP contribution in [0.4, 0.5) is 14.5 Å². The van der Waals surface area contributed by atoms with Crippen LogP contribution >= 0.6 is 28.3 Å². The van der Waals surface area contributed by atoms with Crippen LogP contribution < -0.4 is 11.1 Å². The fraction of sp³-hybridized carbons (Fsp3) is 0.200. The van der Waals surface area contributed by atoms with E-state index in [-0.39, 0.29) is 30.5 Å². The second-order valence-corrected chi connectivity index (χ2v) is 5.50. The zero-order chi connectivity index (χ0) is 15.4. The number of anilines is 1. The minimum atomic E-state index is -0.540. The van der Waals surface area contributed by atoms with Crippen molar-refractivity contribution in [2.75, 3.05) is 12.3 Å². The summed E-state index contributed by atoms with van der Waals surface area (Å²) >= 11 is 3.18. The number of aliphatic hydroxyl groups excluding tert-OH is 1. The van der Waals surface area contributed by atoms with Gasteiger partial charge in [-0.15, -0.1) is 12.4 Å². The van der Waals surface area contributed by atoms with Crippen molar-refractivity contribution in [3.05, 3.63) is 63.6 Å². The minimum Gasteiger partial charge on any atom is -0.395 e. The Morgan fingerprint density at radius 2 is 1.82 bits per heavy atom. The van der Waals surface area contributed by atoms with Crippen LogP contribution in [-0.2, 0) is 6.54 Å². The lowest BCUT2D eigenvalue weighted by atomic mass is 10.1. The van der Waals surface area contributed by atoms with Crippen molar-refractivity contribution in [3.63, 3.8) is 0 Å². The van der Waals surface area contributed by atoms with Crippen LogP contribution in [0.5, 0.6) is 0 Å². The largest absolute Gasteiger partial charge is 0.395 e. The summed E-state index contributed by atoms with van der Waals surface area (Å²) < 4.78 is 26.9. The van der Waals surface area contributed by atoms with Gasteiger partial charge in [0.05, 0.1) is 18.3 Å². The summed E-state index contributed by atoms with van der Waals surface area (Å²) in [4.78, 5) is 0. The van der Waals surface area contributed by atoms with Gasteiger partial charge < -0.3 is 16.2 Å². The first-order valence-electron chi connectivity index (χ1n) is 6.34. The highest BCUT2D eigenvalue weighted by molar-refractivity contribution is 9.10. The van der Waals surface area contributed by atoms with E-state index in [1.54, 1.807) is 18.2 Å². The van der Waals surface area contributed by atoms with Crippen LogP contribution in [0.25, 0.3) is 0 Å². The summed E-state index contributed by atoms with van der Waals surface area (Å²) in [6.45, 7) is 0.228. The van der Waals surface area contributed by atoms with E-state index in [1.807, 2.05) is 0 Å². The summed E-state index contributed by atoms with van der Waals surface area (Å²) in [7, 11) is 0. The summed E-state index contributed by atoms with van der Waals surface area (Å²) in [6.07, 6.45) is 0. The molecular weight excluding hydrogens is 378 g/mol. The Morgan fingerprint density at radius 3 is 2.36 bits per heavy atom. The lowest BCUT2D eigenvalue weighted by Gasteiger charge is -2.18. The smallest absolute Gasteiger partial charge is 0.147 e. The molecule has 120 valence electrons. The van der Waals surface area contributed by atoms with Gasteiger partial charge >= 0.3 is 0 Å². The molecule has 0 aliphatic carbocycles. The van der Waals surface area contributed by atoms with Crippen molar-refractivity contribution in [3.8, 4) is 0 Å². The van der Waals surface area contributed by atoms with Gasteiger partial charge in [0.1, 0.15) is 11.6 Å². The summed E-state index contributed by atoms with van der Waals surface area (Å²) in [5, 5.41) is 12.6. The number of nitrogens with one attached hydrogen (secondary N) is 1. The first-order valence-corrected chi connectivity index (χ1v) is 7.13. The van der Waals surface area contributed by atoms with E-state index in [2.05, 4.69) is 21.2 Å². The van der Waals surface area contributed by atoms with Gasteiger partial charge in [-0.25, -0.2) is 8.78 Å². The summed E-state index contributed by atoms with van der Waals surface area (Å²) in [5.74, 6) is -0.844. The number of hydrogen-bond donors (Lipinski definition) is 3. The van der Waals surface area contributed by atoms with E-state index in [0.717, 1.165) is 5.56 Å². The Balaban J connectivity index is 0.00000242. The fourth-order valence-corrected chi connectivity index (χ4v) is 2.39. The minimum absolute atomic E-state index is 0. The molecule has 0 radical (unpaired) electrons. The number of halogens is 4. The van der Waals surface area contributed by atoms with E-state index in [4.69, 9.17) is 5.73 Å². The number of benzene rings is 2. The molecule has 0 heterocycles. The molecule has 0 aliphatic heterocycles. The molecule has 0 saturated heterocycles. The second kappa shape index (κ2) is 8.43. The zero-order valence-corrected chi connectivity index (χ0v) is 13.9. The third kappa shape index (κ3) is 4.64. The molecule has 22 heavy (non-hydrogen) atoms. The Labute approximate surface area is 142 Å². The molecule has 3 nitrogen and oxygen atoms in total. The quantitative estimate of drug-likeness (QED) is 0.681. The van der Waals surface area contributed by atoms with E-state index < -0.39 is 11.9 Å². The molecule has 0 amide bonds. The highest BCUT2D eigenvalue weighted by Crippen LogP contribution is 2.27. The van der Waals surface area contributed by atoms with Gasteiger partial charge in [0, 0.05) is 11.0 Å². The molecule has 2 aromatic carbocycles. The maximum absolute atomic E-state index is 13.6. The SMILES string of the molecule is Cl.Nc1c(F)cc(C(CO)NCc2ccc(F)cc2)cc1Br. The Kier molecular flexibility index (Phi) is 7.22. The van der Waals surface area contributed by atoms with Crippen LogP contribution in [0, 0.1) is 11.6 Å². The molecule has 1 unspecified atom stereocenters. The van der Waals surface area contributed by atoms with Gasteiger partial charge in [-0.05, 0) is 51.3 Å². The van der Waals surface area contributed by atoms with Crippen molar-refractivity contribution in [1.29, 1.82) is 0 Å². The van der Waals surface area contributed by atoms with Crippen molar-refractivity contribution >= 4 is 34.0 Å². The molecule has 7 heteroatoms. The van der Waals surface area contributed by atoms with Crippen molar-refractivity contribution in [2.24, 2.45) is 0 Å². The third-order valence-corrected chi connectivity index (χ3v) is 3.81. The Hall–Kier alpha value is -1.21. The van der Waals surface area contributed by atoms with Gasteiger partial charge in [0.2, 0.25) is 0 Å². The lowest BCUT2D eigenvalue weighted by molar-refractivity contribution is 0.243. The van der Waals surface area contributed by atoms with E-state index in [1.165, 1.54) is 18.2 Å². The Bertz CT molecular complexity index is 602. The molecule has 0 saturated carbocycles. The molecule has 1 atom stereocenters. The summed E-state index contributed by atoms with van der Waals surface area (Å²) in [6, 6.07) is 8.54. The van der Waals surface area contributed by atoms with Crippen LogP contribution in [0.15, 0.2) is 40.9 Å². The van der Waals surface area contributed by atoms with Gasteiger partial charge in [0.25, 0.3) is 0 Å².